The molecule has 0 aliphatic heterocycles. The Morgan fingerprint density at radius 1 is 0.885 bits per heavy atom. The van der Waals surface area contributed by atoms with Crippen LogP contribution >= 0.6 is 0 Å². The SMILES string of the molecule is Cc1cc(C)nc(NC(N)NCCc2ccc(-c3ccccc3)cc2)n1. The van der Waals surface area contributed by atoms with E-state index in [9.17, 15) is 0 Å². The van der Waals surface area contributed by atoms with Gasteiger partial charge in [-0.05, 0) is 43.0 Å². The molecule has 5 nitrogen and oxygen atoms in total. The van der Waals surface area contributed by atoms with Crippen LogP contribution in [0.2, 0.25) is 0 Å². The second-order valence-electron chi connectivity index (χ2n) is 6.36. The van der Waals surface area contributed by atoms with Gasteiger partial charge in [-0.2, -0.15) is 0 Å². The quantitative estimate of drug-likeness (QED) is 0.572. The highest BCUT2D eigenvalue weighted by Gasteiger charge is 2.05. The van der Waals surface area contributed by atoms with Crippen LogP contribution in [0.15, 0.2) is 60.7 Å². The lowest BCUT2D eigenvalue weighted by atomic mass is 10.0. The van der Waals surface area contributed by atoms with E-state index in [4.69, 9.17) is 5.73 Å². The maximum absolute atomic E-state index is 6.07. The highest BCUT2D eigenvalue weighted by molar-refractivity contribution is 5.63. The maximum Gasteiger partial charge on any atom is 0.225 e. The largest absolute Gasteiger partial charge is 0.326 e. The summed E-state index contributed by atoms with van der Waals surface area (Å²) < 4.78 is 0. The van der Waals surface area contributed by atoms with Gasteiger partial charge in [0.15, 0.2) is 0 Å². The highest BCUT2D eigenvalue weighted by atomic mass is 15.3. The maximum atomic E-state index is 6.07. The summed E-state index contributed by atoms with van der Waals surface area (Å²) >= 11 is 0. The highest BCUT2D eigenvalue weighted by Crippen LogP contribution is 2.19. The van der Waals surface area contributed by atoms with E-state index in [2.05, 4.69) is 69.1 Å². The first-order valence-electron chi connectivity index (χ1n) is 8.82. The van der Waals surface area contributed by atoms with Crippen LogP contribution in [0.1, 0.15) is 17.0 Å². The Hall–Kier alpha value is -2.76. The molecule has 5 heteroatoms. The number of aryl methyl sites for hydroxylation is 2. The lowest BCUT2D eigenvalue weighted by Crippen LogP contribution is -2.45. The van der Waals surface area contributed by atoms with Crippen LogP contribution in [0.25, 0.3) is 11.1 Å². The monoisotopic (exact) mass is 347 g/mol. The van der Waals surface area contributed by atoms with Crippen LogP contribution in [-0.2, 0) is 6.42 Å². The van der Waals surface area contributed by atoms with E-state index in [1.54, 1.807) is 0 Å². The van der Waals surface area contributed by atoms with E-state index in [-0.39, 0.29) is 6.29 Å². The van der Waals surface area contributed by atoms with Gasteiger partial charge in [-0.25, -0.2) is 9.97 Å². The number of rotatable bonds is 7. The number of aromatic nitrogens is 2. The molecule has 3 aromatic rings. The van der Waals surface area contributed by atoms with E-state index in [0.717, 1.165) is 24.4 Å². The van der Waals surface area contributed by atoms with Crippen molar-refractivity contribution in [2.45, 2.75) is 26.6 Å². The summed E-state index contributed by atoms with van der Waals surface area (Å²) in [6, 6.07) is 21.0. The molecule has 0 aliphatic rings. The summed E-state index contributed by atoms with van der Waals surface area (Å²) in [6.07, 6.45) is 0.512. The zero-order valence-electron chi connectivity index (χ0n) is 15.2. The number of anilines is 1. The van der Waals surface area contributed by atoms with E-state index in [1.807, 2.05) is 26.0 Å². The van der Waals surface area contributed by atoms with Crippen molar-refractivity contribution in [3.05, 3.63) is 77.6 Å². The smallest absolute Gasteiger partial charge is 0.225 e. The van der Waals surface area contributed by atoms with Crippen molar-refractivity contribution in [1.82, 2.24) is 15.3 Å². The molecule has 1 aromatic heterocycles. The minimum absolute atomic E-state index is 0.389. The van der Waals surface area contributed by atoms with Gasteiger partial charge in [-0.1, -0.05) is 54.6 Å². The van der Waals surface area contributed by atoms with Crippen LogP contribution in [0.3, 0.4) is 0 Å². The summed E-state index contributed by atoms with van der Waals surface area (Å²) in [7, 11) is 0. The Balaban J connectivity index is 1.48. The molecule has 4 N–H and O–H groups in total. The third-order valence-electron chi connectivity index (χ3n) is 4.11. The number of hydrogen-bond acceptors (Lipinski definition) is 5. The van der Waals surface area contributed by atoms with Crippen molar-refractivity contribution in [3.63, 3.8) is 0 Å². The molecular weight excluding hydrogens is 322 g/mol. The normalized spacial score (nSPS) is 12.0. The Kier molecular flexibility index (Phi) is 5.94. The third kappa shape index (κ3) is 5.12. The fourth-order valence-electron chi connectivity index (χ4n) is 2.85. The average Bonchev–Trinajstić information content (AvgIpc) is 2.62. The predicted octanol–water partition coefficient (Wildman–Crippen LogP) is 3.25. The van der Waals surface area contributed by atoms with Crippen LogP contribution in [0.5, 0.6) is 0 Å². The topological polar surface area (TPSA) is 75.9 Å². The van der Waals surface area contributed by atoms with Gasteiger partial charge in [0, 0.05) is 17.9 Å². The van der Waals surface area contributed by atoms with E-state index >= 15 is 0 Å². The van der Waals surface area contributed by atoms with Gasteiger partial charge in [0.25, 0.3) is 0 Å². The minimum atomic E-state index is -0.389. The molecule has 1 atom stereocenters. The van der Waals surface area contributed by atoms with Crippen molar-refractivity contribution in [3.8, 4) is 11.1 Å². The number of nitrogens with two attached hydrogens (primary N) is 1. The Morgan fingerprint density at radius 3 is 2.15 bits per heavy atom. The number of hydrogen-bond donors (Lipinski definition) is 3. The summed E-state index contributed by atoms with van der Waals surface area (Å²) in [5.41, 5.74) is 11.6. The van der Waals surface area contributed by atoms with Gasteiger partial charge < -0.3 is 5.32 Å². The molecule has 0 saturated carbocycles. The van der Waals surface area contributed by atoms with Crippen LogP contribution < -0.4 is 16.4 Å². The van der Waals surface area contributed by atoms with Crippen molar-refractivity contribution < 1.29 is 0 Å². The molecule has 0 bridgehead atoms. The molecule has 2 aromatic carbocycles. The zero-order valence-corrected chi connectivity index (χ0v) is 15.2. The molecule has 26 heavy (non-hydrogen) atoms. The molecule has 0 fully saturated rings. The summed E-state index contributed by atoms with van der Waals surface area (Å²) in [4.78, 5) is 8.67. The zero-order chi connectivity index (χ0) is 18.4. The molecular formula is C21H25N5. The molecule has 0 aliphatic carbocycles. The molecule has 0 radical (unpaired) electrons. The lowest BCUT2D eigenvalue weighted by Gasteiger charge is -2.16. The molecule has 0 saturated heterocycles. The molecule has 3 rings (SSSR count). The molecule has 134 valence electrons. The average molecular weight is 347 g/mol. The Morgan fingerprint density at radius 2 is 1.50 bits per heavy atom. The van der Waals surface area contributed by atoms with Gasteiger partial charge in [-0.3, -0.25) is 11.1 Å². The van der Waals surface area contributed by atoms with Gasteiger partial charge in [0.1, 0.15) is 6.29 Å². The van der Waals surface area contributed by atoms with Crippen LogP contribution in [0.4, 0.5) is 5.95 Å². The van der Waals surface area contributed by atoms with Crippen molar-refractivity contribution in [2.24, 2.45) is 5.73 Å². The van der Waals surface area contributed by atoms with Gasteiger partial charge in [0.2, 0.25) is 5.95 Å². The second kappa shape index (κ2) is 8.56. The van der Waals surface area contributed by atoms with E-state index in [0.29, 0.717) is 5.95 Å². The Labute approximate surface area is 154 Å². The predicted molar refractivity (Wildman–Crippen MR) is 107 cm³/mol. The van der Waals surface area contributed by atoms with Crippen molar-refractivity contribution >= 4 is 5.95 Å². The third-order valence-corrected chi connectivity index (χ3v) is 4.11. The fraction of sp³-hybridized carbons (Fsp3) is 0.238. The number of nitrogens with zero attached hydrogens (tertiary/aromatic N) is 2. The first-order valence-corrected chi connectivity index (χ1v) is 8.82. The van der Waals surface area contributed by atoms with Gasteiger partial charge in [0.05, 0.1) is 0 Å². The minimum Gasteiger partial charge on any atom is -0.326 e. The molecule has 0 spiro atoms. The molecule has 1 unspecified atom stereocenters. The standard InChI is InChI=1S/C21H25N5/c1-15-14-16(2)25-21(24-15)26-20(22)23-13-12-17-8-10-19(11-9-17)18-6-4-3-5-7-18/h3-11,14,20,23H,12-13,22H2,1-2H3,(H,24,25,26). The number of benzene rings is 2. The van der Waals surface area contributed by atoms with Gasteiger partial charge >= 0.3 is 0 Å². The van der Waals surface area contributed by atoms with Gasteiger partial charge in [-0.15, -0.1) is 0 Å². The Bertz CT molecular complexity index is 811. The first-order chi connectivity index (χ1) is 12.6. The summed E-state index contributed by atoms with van der Waals surface area (Å²) in [5.74, 6) is 0.551. The van der Waals surface area contributed by atoms with Crippen molar-refractivity contribution in [1.29, 1.82) is 0 Å². The summed E-state index contributed by atoms with van der Waals surface area (Å²) in [5, 5.41) is 6.34. The number of nitrogens with one attached hydrogen (secondary N) is 2. The molecule has 1 heterocycles. The second-order valence-corrected chi connectivity index (χ2v) is 6.36. The van der Waals surface area contributed by atoms with E-state index < -0.39 is 0 Å². The van der Waals surface area contributed by atoms with Crippen LogP contribution in [-0.4, -0.2) is 22.8 Å². The lowest BCUT2D eigenvalue weighted by molar-refractivity contribution is 0.576. The summed E-state index contributed by atoms with van der Waals surface area (Å²) in [6.45, 7) is 4.65. The van der Waals surface area contributed by atoms with Crippen molar-refractivity contribution in [2.75, 3.05) is 11.9 Å². The fourth-order valence-corrected chi connectivity index (χ4v) is 2.85. The first kappa shape index (κ1) is 18.0. The molecule has 0 amide bonds. The van der Waals surface area contributed by atoms with Crippen LogP contribution in [0, 0.1) is 13.8 Å². The van der Waals surface area contributed by atoms with E-state index in [1.165, 1.54) is 16.7 Å².